The molecular weight excluding hydrogens is 420 g/mol. The van der Waals surface area contributed by atoms with Gasteiger partial charge in [0.1, 0.15) is 0 Å². The molecule has 0 radical (unpaired) electrons. The first kappa shape index (κ1) is 28.7. The van der Waals surface area contributed by atoms with E-state index in [9.17, 15) is 22.8 Å². The third-order valence-corrected chi connectivity index (χ3v) is 4.00. The summed E-state index contributed by atoms with van der Waals surface area (Å²) >= 11 is 0. The van der Waals surface area contributed by atoms with E-state index in [0.29, 0.717) is 18.7 Å². The number of nitrogens with zero attached hydrogens (tertiary/aromatic N) is 1. The molecule has 0 aliphatic heterocycles. The van der Waals surface area contributed by atoms with Crippen molar-refractivity contribution in [2.45, 2.75) is 26.1 Å². The molecule has 0 bridgehead atoms. The van der Waals surface area contributed by atoms with Gasteiger partial charge < -0.3 is 16.4 Å². The highest BCUT2D eigenvalue weighted by Gasteiger charge is 2.30. The molecule has 0 heterocycles. The summed E-state index contributed by atoms with van der Waals surface area (Å²) in [6, 6.07) is 4.65. The van der Waals surface area contributed by atoms with E-state index in [1.165, 1.54) is 12.1 Å². The minimum atomic E-state index is -4.39. The fraction of sp³-hybridized carbons (Fsp3) is 0.529. The second-order valence-electron chi connectivity index (χ2n) is 5.64. The van der Waals surface area contributed by atoms with Gasteiger partial charge in [-0.2, -0.15) is 13.2 Å². The maximum absolute atomic E-state index is 12.7. The van der Waals surface area contributed by atoms with Crippen molar-refractivity contribution >= 4 is 36.6 Å². The molecule has 1 aromatic rings. The van der Waals surface area contributed by atoms with Crippen LogP contribution in [0.1, 0.15) is 31.0 Å². The summed E-state index contributed by atoms with van der Waals surface area (Å²) in [6.45, 7) is 5.01. The average molecular weight is 447 g/mol. The Morgan fingerprint density at radius 2 is 1.57 bits per heavy atom. The van der Waals surface area contributed by atoms with Gasteiger partial charge in [0.05, 0.1) is 24.7 Å². The number of hydrogen-bond donors (Lipinski definition) is 3. The number of carbonyl (C=O) groups is 2. The number of nitrogens with two attached hydrogens (primary N) is 1. The highest BCUT2D eigenvalue weighted by Crippen LogP contribution is 2.30. The number of hydrogen-bond acceptors (Lipinski definition) is 4. The van der Waals surface area contributed by atoms with Gasteiger partial charge in [-0.25, -0.2) is 0 Å². The molecule has 1 atom stereocenters. The lowest BCUT2D eigenvalue weighted by molar-refractivity contribution is -0.137. The minimum absolute atomic E-state index is 0. The number of carbonyl (C=O) groups excluding carboxylic acids is 2. The zero-order valence-corrected chi connectivity index (χ0v) is 17.3. The lowest BCUT2D eigenvalue weighted by Crippen LogP contribution is -2.43. The van der Waals surface area contributed by atoms with Crippen LogP contribution in [0.4, 0.5) is 13.2 Å². The molecule has 6 nitrogen and oxygen atoms in total. The molecular formula is C17H27Cl2F3N4O2. The molecule has 1 aromatic carbocycles. The van der Waals surface area contributed by atoms with Crippen LogP contribution in [0.25, 0.3) is 0 Å². The van der Waals surface area contributed by atoms with E-state index in [0.717, 1.165) is 12.1 Å². The molecule has 0 aliphatic rings. The van der Waals surface area contributed by atoms with Crippen LogP contribution in [0.15, 0.2) is 24.3 Å². The van der Waals surface area contributed by atoms with Crippen molar-refractivity contribution in [1.29, 1.82) is 0 Å². The number of rotatable bonds is 9. The fourth-order valence-corrected chi connectivity index (χ4v) is 2.54. The maximum atomic E-state index is 12.7. The Kier molecular flexibility index (Phi) is 13.9. The number of likely N-dealkylation sites (N-methyl/N-ethyl adjacent to an activating group) is 1. The summed E-state index contributed by atoms with van der Waals surface area (Å²) in [5, 5.41) is 5.06. The van der Waals surface area contributed by atoms with Gasteiger partial charge in [-0.3, -0.25) is 14.5 Å². The predicted octanol–water partition coefficient (Wildman–Crippen LogP) is 2.12. The van der Waals surface area contributed by atoms with Crippen LogP contribution in [-0.4, -0.2) is 49.4 Å². The van der Waals surface area contributed by atoms with Crippen LogP contribution >= 0.6 is 24.8 Å². The van der Waals surface area contributed by atoms with E-state index in [1.807, 2.05) is 18.7 Å². The van der Waals surface area contributed by atoms with Gasteiger partial charge in [0.25, 0.3) is 0 Å². The maximum Gasteiger partial charge on any atom is 0.416 e. The molecule has 28 heavy (non-hydrogen) atoms. The van der Waals surface area contributed by atoms with E-state index in [-0.39, 0.29) is 50.5 Å². The number of halogens is 5. The van der Waals surface area contributed by atoms with Gasteiger partial charge in [-0.1, -0.05) is 26.0 Å². The molecule has 0 saturated heterocycles. The summed E-state index contributed by atoms with van der Waals surface area (Å²) in [6.07, 6.45) is -4.39. The molecule has 1 rings (SSSR count). The molecule has 4 N–H and O–H groups in total. The Balaban J connectivity index is 0. The molecule has 0 fully saturated rings. The first-order valence-corrected chi connectivity index (χ1v) is 8.37. The molecule has 2 amide bonds. The van der Waals surface area contributed by atoms with Crippen molar-refractivity contribution in [1.82, 2.24) is 15.5 Å². The largest absolute Gasteiger partial charge is 0.416 e. The quantitative estimate of drug-likeness (QED) is 0.542. The molecule has 0 spiro atoms. The first-order valence-electron chi connectivity index (χ1n) is 8.37. The zero-order chi connectivity index (χ0) is 19.7. The topological polar surface area (TPSA) is 87.5 Å². The van der Waals surface area contributed by atoms with Gasteiger partial charge >= 0.3 is 6.18 Å². The Morgan fingerprint density at radius 1 is 1.04 bits per heavy atom. The normalized spacial score (nSPS) is 11.8. The van der Waals surface area contributed by atoms with E-state index in [4.69, 9.17) is 5.73 Å². The van der Waals surface area contributed by atoms with Crippen molar-refractivity contribution in [2.75, 3.05) is 32.7 Å². The smallest absolute Gasteiger partial charge is 0.353 e. The first-order chi connectivity index (χ1) is 12.2. The molecule has 1 unspecified atom stereocenters. The number of alkyl halides is 3. The molecule has 0 saturated carbocycles. The van der Waals surface area contributed by atoms with E-state index in [1.54, 1.807) is 0 Å². The van der Waals surface area contributed by atoms with Crippen LogP contribution in [0.2, 0.25) is 0 Å². The summed E-state index contributed by atoms with van der Waals surface area (Å²) in [5.74, 6) is -0.834. The van der Waals surface area contributed by atoms with Crippen molar-refractivity contribution in [3.63, 3.8) is 0 Å². The highest BCUT2D eigenvalue weighted by atomic mass is 35.5. The van der Waals surface area contributed by atoms with Crippen LogP contribution in [0.3, 0.4) is 0 Å². The lowest BCUT2D eigenvalue weighted by Gasteiger charge is -2.30. The van der Waals surface area contributed by atoms with Crippen molar-refractivity contribution in [3.8, 4) is 0 Å². The van der Waals surface area contributed by atoms with Gasteiger partial charge in [0, 0.05) is 6.54 Å². The van der Waals surface area contributed by atoms with Crippen molar-refractivity contribution < 1.29 is 22.8 Å². The van der Waals surface area contributed by atoms with Crippen LogP contribution in [-0.2, 0) is 15.8 Å². The van der Waals surface area contributed by atoms with Gasteiger partial charge in [0.15, 0.2) is 0 Å². The zero-order valence-electron chi connectivity index (χ0n) is 15.7. The SMILES string of the molecule is CCN(CC)C(CNC(=O)CNC(=O)CN)c1ccc(C(F)(F)F)cc1.Cl.Cl. The third-order valence-electron chi connectivity index (χ3n) is 4.00. The van der Waals surface area contributed by atoms with Crippen LogP contribution in [0.5, 0.6) is 0 Å². The molecule has 0 aliphatic carbocycles. The Hall–Kier alpha value is -1.55. The average Bonchev–Trinajstić information content (AvgIpc) is 2.62. The second-order valence-corrected chi connectivity index (χ2v) is 5.64. The summed E-state index contributed by atoms with van der Waals surface area (Å²) in [7, 11) is 0. The Labute approximate surface area is 175 Å². The van der Waals surface area contributed by atoms with Crippen LogP contribution < -0.4 is 16.4 Å². The second kappa shape index (κ2) is 13.6. The number of benzene rings is 1. The van der Waals surface area contributed by atoms with Crippen LogP contribution in [0, 0.1) is 0 Å². The molecule has 0 aromatic heterocycles. The Morgan fingerprint density at radius 3 is 2.00 bits per heavy atom. The summed E-state index contributed by atoms with van der Waals surface area (Å²) in [5.41, 5.74) is 5.10. The van der Waals surface area contributed by atoms with Crippen molar-refractivity contribution in [2.24, 2.45) is 5.73 Å². The molecule has 11 heteroatoms. The van der Waals surface area contributed by atoms with E-state index in [2.05, 4.69) is 10.6 Å². The summed E-state index contributed by atoms with van der Waals surface area (Å²) in [4.78, 5) is 25.0. The minimum Gasteiger partial charge on any atom is -0.353 e. The van der Waals surface area contributed by atoms with Gasteiger partial charge in [-0.05, 0) is 30.8 Å². The molecule has 162 valence electrons. The van der Waals surface area contributed by atoms with Gasteiger partial charge in [-0.15, -0.1) is 24.8 Å². The monoisotopic (exact) mass is 446 g/mol. The number of amides is 2. The Bertz CT molecular complexity index is 597. The fourth-order valence-electron chi connectivity index (χ4n) is 2.54. The van der Waals surface area contributed by atoms with E-state index < -0.39 is 23.6 Å². The third kappa shape index (κ3) is 9.09. The van der Waals surface area contributed by atoms with Gasteiger partial charge in [0.2, 0.25) is 11.8 Å². The van der Waals surface area contributed by atoms with E-state index >= 15 is 0 Å². The summed E-state index contributed by atoms with van der Waals surface area (Å²) < 4.78 is 38.2. The standard InChI is InChI=1S/C17H25F3N4O2.2ClH/c1-3-24(4-2)14(10-22-16(26)11-23-15(25)9-21)12-5-7-13(8-6-12)17(18,19)20;;/h5-8,14H,3-4,9-11,21H2,1-2H3,(H,22,26)(H,23,25);2*1H. The predicted molar refractivity (Wildman–Crippen MR) is 107 cm³/mol. The highest BCUT2D eigenvalue weighted by molar-refractivity contribution is 5.86. The van der Waals surface area contributed by atoms with Crippen molar-refractivity contribution in [3.05, 3.63) is 35.4 Å². The lowest BCUT2D eigenvalue weighted by atomic mass is 10.0. The number of nitrogens with one attached hydrogen (secondary N) is 2.